The van der Waals surface area contributed by atoms with E-state index < -0.39 is 35.3 Å². The fraction of sp³-hybridized carbons (Fsp3) is 0.148. The monoisotopic (exact) mass is 491 g/mol. The number of benzene rings is 3. The van der Waals surface area contributed by atoms with Crippen LogP contribution in [0.3, 0.4) is 0 Å². The van der Waals surface area contributed by atoms with Gasteiger partial charge in [-0.1, -0.05) is 24.3 Å². The summed E-state index contributed by atoms with van der Waals surface area (Å²) in [5, 5.41) is 11.3. The van der Waals surface area contributed by atoms with Crippen LogP contribution >= 0.6 is 0 Å². The van der Waals surface area contributed by atoms with Crippen molar-refractivity contribution in [3.63, 3.8) is 0 Å². The first kappa shape index (κ1) is 24.5. The van der Waals surface area contributed by atoms with Crippen molar-refractivity contribution in [3.8, 4) is 11.5 Å². The number of ether oxygens (including phenoxy) is 3. The summed E-state index contributed by atoms with van der Waals surface area (Å²) < 4.78 is 29.6. The zero-order valence-corrected chi connectivity index (χ0v) is 19.7. The van der Waals surface area contributed by atoms with Crippen LogP contribution in [-0.4, -0.2) is 44.1 Å². The highest BCUT2D eigenvalue weighted by Gasteiger charge is 2.48. The van der Waals surface area contributed by atoms with Gasteiger partial charge in [0.1, 0.15) is 23.1 Å². The van der Waals surface area contributed by atoms with Crippen LogP contribution in [0, 0.1) is 5.82 Å². The molecule has 1 aliphatic heterocycles. The van der Waals surface area contributed by atoms with Crippen molar-refractivity contribution in [2.45, 2.75) is 6.04 Å². The normalized spacial score (nSPS) is 16.7. The Hall–Kier alpha value is -4.66. The quantitative estimate of drug-likeness (QED) is 0.238. The highest BCUT2D eigenvalue weighted by atomic mass is 19.1. The summed E-state index contributed by atoms with van der Waals surface area (Å²) in [4.78, 5) is 40.0. The van der Waals surface area contributed by atoms with E-state index in [0.717, 1.165) is 17.0 Å². The molecule has 9 heteroatoms. The molecule has 1 heterocycles. The molecule has 184 valence electrons. The van der Waals surface area contributed by atoms with E-state index in [4.69, 9.17) is 14.2 Å². The number of ketones is 1. The van der Waals surface area contributed by atoms with Gasteiger partial charge in [0, 0.05) is 11.3 Å². The first-order chi connectivity index (χ1) is 17.3. The molecule has 0 aromatic heterocycles. The molecule has 1 saturated heterocycles. The van der Waals surface area contributed by atoms with E-state index in [2.05, 4.69) is 0 Å². The maximum atomic E-state index is 14.1. The van der Waals surface area contributed by atoms with Gasteiger partial charge in [-0.05, 0) is 42.5 Å². The van der Waals surface area contributed by atoms with Crippen LogP contribution in [0.15, 0.2) is 72.3 Å². The van der Waals surface area contributed by atoms with Gasteiger partial charge in [0.25, 0.3) is 11.7 Å². The number of nitrogens with zero attached hydrogens (tertiary/aromatic N) is 1. The lowest BCUT2D eigenvalue weighted by Crippen LogP contribution is -2.29. The number of amides is 1. The second-order valence-corrected chi connectivity index (χ2v) is 7.80. The van der Waals surface area contributed by atoms with Crippen molar-refractivity contribution in [2.75, 3.05) is 26.2 Å². The lowest BCUT2D eigenvalue weighted by atomic mass is 9.94. The minimum atomic E-state index is -1.16. The van der Waals surface area contributed by atoms with Gasteiger partial charge in [0.2, 0.25) is 0 Å². The van der Waals surface area contributed by atoms with Gasteiger partial charge < -0.3 is 19.3 Å². The number of hydrogen-bond acceptors (Lipinski definition) is 7. The van der Waals surface area contributed by atoms with E-state index in [1.54, 1.807) is 30.3 Å². The molecule has 0 bridgehead atoms. The molecule has 1 unspecified atom stereocenters. The maximum absolute atomic E-state index is 14.1. The predicted octanol–water partition coefficient (Wildman–Crippen LogP) is 4.26. The molecule has 0 aliphatic carbocycles. The fourth-order valence-corrected chi connectivity index (χ4v) is 4.20. The Morgan fingerprint density at radius 3 is 2.33 bits per heavy atom. The van der Waals surface area contributed by atoms with Gasteiger partial charge in [-0.2, -0.15) is 0 Å². The molecule has 1 fully saturated rings. The number of carbonyl (C=O) groups excluding carboxylic acids is 3. The average molecular weight is 491 g/mol. The van der Waals surface area contributed by atoms with Crippen molar-refractivity contribution in [3.05, 3.63) is 94.8 Å². The van der Waals surface area contributed by atoms with Gasteiger partial charge >= 0.3 is 5.97 Å². The highest BCUT2D eigenvalue weighted by Crippen LogP contribution is 2.45. The second kappa shape index (κ2) is 9.91. The number of aliphatic hydroxyl groups excluding tert-OH is 1. The Kier molecular flexibility index (Phi) is 6.73. The molecule has 1 atom stereocenters. The molecule has 0 radical (unpaired) electrons. The number of anilines is 1. The number of aliphatic hydroxyl groups is 1. The summed E-state index contributed by atoms with van der Waals surface area (Å²) >= 11 is 0. The van der Waals surface area contributed by atoms with Gasteiger partial charge in [-0.15, -0.1) is 0 Å². The van der Waals surface area contributed by atoms with Crippen LogP contribution in [0.4, 0.5) is 10.1 Å². The molecule has 4 rings (SSSR count). The van der Waals surface area contributed by atoms with Crippen molar-refractivity contribution in [1.82, 2.24) is 0 Å². The molecule has 3 aromatic rings. The summed E-state index contributed by atoms with van der Waals surface area (Å²) in [5.74, 6) is -3.43. The number of carbonyl (C=O) groups is 3. The van der Waals surface area contributed by atoms with Crippen LogP contribution in [-0.2, 0) is 14.3 Å². The van der Waals surface area contributed by atoms with Crippen LogP contribution in [0.5, 0.6) is 11.5 Å². The number of hydrogen-bond donors (Lipinski definition) is 1. The van der Waals surface area contributed by atoms with Crippen molar-refractivity contribution in [2.24, 2.45) is 0 Å². The third-order valence-electron chi connectivity index (χ3n) is 5.84. The van der Waals surface area contributed by atoms with Crippen LogP contribution in [0.1, 0.15) is 27.5 Å². The van der Waals surface area contributed by atoms with E-state index in [1.807, 2.05) is 0 Å². The van der Waals surface area contributed by atoms with Gasteiger partial charge in [0.05, 0.1) is 44.1 Å². The molecule has 3 aromatic carbocycles. The van der Waals surface area contributed by atoms with Gasteiger partial charge in [-0.3, -0.25) is 14.5 Å². The van der Waals surface area contributed by atoms with Gasteiger partial charge in [0.15, 0.2) is 0 Å². The number of esters is 1. The Balaban J connectivity index is 2.02. The standard InChI is InChI=1S/C27H22FNO7/c1-34-20-10-5-4-9-18(20)23-22(24(30)19-14-16(28)11-12-21(19)35-2)25(31)26(32)29(23)17-8-6-7-15(13-17)27(33)36-3/h4-14,23,30H,1-3H3/b24-22+. The third-order valence-corrected chi connectivity index (χ3v) is 5.84. The van der Waals surface area contributed by atoms with Crippen molar-refractivity contribution in [1.29, 1.82) is 0 Å². The topological polar surface area (TPSA) is 102 Å². The lowest BCUT2D eigenvalue weighted by Gasteiger charge is -2.27. The maximum Gasteiger partial charge on any atom is 0.337 e. The largest absolute Gasteiger partial charge is 0.507 e. The third kappa shape index (κ3) is 4.15. The van der Waals surface area contributed by atoms with E-state index in [1.165, 1.54) is 45.6 Å². The lowest BCUT2D eigenvalue weighted by molar-refractivity contribution is -0.132. The minimum Gasteiger partial charge on any atom is -0.507 e. The Morgan fingerprint density at radius 1 is 0.917 bits per heavy atom. The number of methoxy groups -OCH3 is 3. The van der Waals surface area contributed by atoms with Gasteiger partial charge in [-0.25, -0.2) is 9.18 Å². The van der Waals surface area contributed by atoms with Crippen molar-refractivity contribution >= 4 is 29.1 Å². The van der Waals surface area contributed by atoms with Crippen LogP contribution in [0.25, 0.3) is 5.76 Å². The summed E-state index contributed by atoms with van der Waals surface area (Å²) in [5.41, 5.74) is 0.360. The van der Waals surface area contributed by atoms with E-state index >= 15 is 0 Å². The second-order valence-electron chi connectivity index (χ2n) is 7.80. The predicted molar refractivity (Wildman–Crippen MR) is 129 cm³/mol. The summed E-state index contributed by atoms with van der Waals surface area (Å²) in [6.45, 7) is 0. The Bertz CT molecular complexity index is 1400. The molecule has 0 saturated carbocycles. The average Bonchev–Trinajstić information content (AvgIpc) is 3.17. The smallest absolute Gasteiger partial charge is 0.337 e. The SMILES string of the molecule is COC(=O)c1cccc(N2C(=O)C(=O)/C(=C(/O)c3cc(F)ccc3OC)C2c2ccccc2OC)c1. The molecular formula is C27H22FNO7. The number of rotatable bonds is 6. The first-order valence-corrected chi connectivity index (χ1v) is 10.8. The summed E-state index contributed by atoms with van der Waals surface area (Å²) in [7, 11) is 3.99. The molecular weight excluding hydrogens is 469 g/mol. The highest BCUT2D eigenvalue weighted by molar-refractivity contribution is 6.51. The van der Waals surface area contributed by atoms with Crippen LogP contribution in [0.2, 0.25) is 0 Å². The molecule has 1 aliphatic rings. The van der Waals surface area contributed by atoms with E-state index in [-0.39, 0.29) is 28.1 Å². The molecule has 8 nitrogen and oxygen atoms in total. The molecule has 1 N–H and O–H groups in total. The Labute approximate surface area is 206 Å². The fourth-order valence-electron chi connectivity index (χ4n) is 4.20. The van der Waals surface area contributed by atoms with E-state index in [0.29, 0.717) is 11.3 Å². The first-order valence-electron chi connectivity index (χ1n) is 10.8. The number of para-hydroxylation sites is 1. The minimum absolute atomic E-state index is 0.0984. The molecule has 1 amide bonds. The number of Topliss-reactive ketones (excluding diaryl/α,β-unsaturated/α-hetero) is 1. The Morgan fingerprint density at radius 2 is 1.64 bits per heavy atom. The molecule has 36 heavy (non-hydrogen) atoms. The van der Waals surface area contributed by atoms with E-state index in [9.17, 15) is 23.9 Å². The zero-order chi connectivity index (χ0) is 26.0. The van der Waals surface area contributed by atoms with Crippen molar-refractivity contribution < 1.29 is 38.1 Å². The number of halogens is 1. The summed E-state index contributed by atoms with van der Waals surface area (Å²) in [6, 6.07) is 15.0. The zero-order valence-electron chi connectivity index (χ0n) is 19.7. The molecule has 0 spiro atoms. The summed E-state index contributed by atoms with van der Waals surface area (Å²) in [6.07, 6.45) is 0. The van der Waals surface area contributed by atoms with Crippen LogP contribution < -0.4 is 14.4 Å².